The van der Waals surface area contributed by atoms with Crippen LogP contribution in [-0.4, -0.2) is 93.6 Å². The molecule has 164 valence electrons. The van der Waals surface area contributed by atoms with Gasteiger partial charge in [-0.2, -0.15) is 0 Å². The van der Waals surface area contributed by atoms with E-state index in [0.29, 0.717) is 32.0 Å². The zero-order valence-electron chi connectivity index (χ0n) is 17.6. The Labute approximate surface area is 178 Å². The number of carbonyl (C=O) groups excluding carboxylic acids is 2. The summed E-state index contributed by atoms with van der Waals surface area (Å²) >= 11 is 6.27. The monoisotopic (exact) mass is 426 g/mol. The lowest BCUT2D eigenvalue weighted by Gasteiger charge is -2.61. The fourth-order valence-electron chi connectivity index (χ4n) is 5.58. The van der Waals surface area contributed by atoms with Crippen LogP contribution in [0.3, 0.4) is 0 Å². The molecule has 1 aliphatic carbocycles. The first-order chi connectivity index (χ1) is 13.8. The van der Waals surface area contributed by atoms with Gasteiger partial charge in [-0.3, -0.25) is 19.8 Å². The molecule has 4 aliphatic rings. The number of nitrogens with zero attached hydrogens (tertiary/aromatic N) is 3. The number of rotatable bonds is 4. The molecule has 4 fully saturated rings. The number of hydrogen-bond donors (Lipinski definition) is 2. The van der Waals surface area contributed by atoms with E-state index in [-0.39, 0.29) is 35.8 Å². The molecule has 3 aliphatic heterocycles. The lowest BCUT2D eigenvalue weighted by Crippen LogP contribution is -2.82. The van der Waals surface area contributed by atoms with Gasteiger partial charge in [-0.25, -0.2) is 0 Å². The molecule has 0 bridgehead atoms. The van der Waals surface area contributed by atoms with Crippen LogP contribution in [0.2, 0.25) is 0 Å². The van der Waals surface area contributed by atoms with E-state index in [4.69, 9.17) is 11.6 Å². The largest absolute Gasteiger partial charge is 0.379 e. The summed E-state index contributed by atoms with van der Waals surface area (Å²) < 4.78 is 0. The van der Waals surface area contributed by atoms with E-state index >= 15 is 0 Å². The second-order valence-electron chi connectivity index (χ2n) is 9.73. The highest BCUT2D eigenvalue weighted by Crippen LogP contribution is 2.39. The van der Waals surface area contributed by atoms with E-state index in [1.807, 2.05) is 18.7 Å². The maximum atomic E-state index is 13.5. The third kappa shape index (κ3) is 4.03. The minimum Gasteiger partial charge on any atom is -0.379 e. The molecule has 4 rings (SSSR count). The predicted molar refractivity (Wildman–Crippen MR) is 111 cm³/mol. The normalized spacial score (nSPS) is 36.0. The Kier molecular flexibility index (Phi) is 6.13. The van der Waals surface area contributed by atoms with Crippen molar-refractivity contribution in [2.24, 2.45) is 5.92 Å². The number of amides is 2. The molecule has 1 saturated carbocycles. The molecular weight excluding hydrogens is 392 g/mol. The number of alkyl halides is 1. The second kappa shape index (κ2) is 8.33. The van der Waals surface area contributed by atoms with Crippen LogP contribution in [-0.2, 0) is 9.59 Å². The highest BCUT2D eigenvalue weighted by atomic mass is 35.5. The number of nitrogens with one attached hydrogen (secondary N) is 1. The maximum absolute atomic E-state index is 13.5. The van der Waals surface area contributed by atoms with Gasteiger partial charge in [0.05, 0.1) is 0 Å². The lowest BCUT2D eigenvalue weighted by atomic mass is 9.79. The summed E-state index contributed by atoms with van der Waals surface area (Å²) in [5.74, 6) is 0.610. The number of halogens is 1. The molecular formula is C21H35ClN4O3. The average Bonchev–Trinajstić information content (AvgIpc) is 2.64. The minimum atomic E-state index is -0.729. The van der Waals surface area contributed by atoms with Crippen molar-refractivity contribution < 1.29 is 14.7 Å². The molecule has 7 nitrogen and oxygen atoms in total. The van der Waals surface area contributed by atoms with Crippen LogP contribution in [0.25, 0.3) is 0 Å². The summed E-state index contributed by atoms with van der Waals surface area (Å²) in [7, 11) is 0. The van der Waals surface area contributed by atoms with Crippen molar-refractivity contribution in [1.29, 1.82) is 0 Å². The number of piperazine rings is 1. The van der Waals surface area contributed by atoms with Gasteiger partial charge in [-0.05, 0) is 58.4 Å². The number of aliphatic hydroxyl groups excluding tert-OH is 1. The van der Waals surface area contributed by atoms with Crippen molar-refractivity contribution in [3.8, 4) is 0 Å². The first kappa shape index (κ1) is 21.3. The van der Waals surface area contributed by atoms with E-state index < -0.39 is 11.8 Å². The van der Waals surface area contributed by atoms with Gasteiger partial charge in [-0.1, -0.05) is 0 Å². The van der Waals surface area contributed by atoms with Crippen LogP contribution in [0, 0.1) is 5.92 Å². The molecule has 8 heteroatoms. The van der Waals surface area contributed by atoms with Crippen LogP contribution in [0.5, 0.6) is 0 Å². The van der Waals surface area contributed by atoms with Crippen molar-refractivity contribution in [1.82, 2.24) is 20.0 Å². The van der Waals surface area contributed by atoms with E-state index in [1.54, 1.807) is 4.90 Å². The van der Waals surface area contributed by atoms with Crippen LogP contribution < -0.4 is 5.32 Å². The zero-order valence-corrected chi connectivity index (χ0v) is 18.4. The Hall–Kier alpha value is -0.890. The van der Waals surface area contributed by atoms with E-state index in [2.05, 4.69) is 10.2 Å². The number of hydrogen-bond acceptors (Lipinski definition) is 5. The summed E-state index contributed by atoms with van der Waals surface area (Å²) in [6, 6.07) is 0.287. The molecule has 0 aromatic carbocycles. The molecule has 0 radical (unpaired) electrons. The average molecular weight is 427 g/mol. The smallest absolute Gasteiger partial charge is 0.251 e. The summed E-state index contributed by atoms with van der Waals surface area (Å²) in [6.45, 7) is 6.78. The molecule has 2 unspecified atom stereocenters. The van der Waals surface area contributed by atoms with Gasteiger partial charge < -0.3 is 14.9 Å². The lowest BCUT2D eigenvalue weighted by molar-refractivity contribution is -0.185. The molecule has 1 spiro atoms. The highest BCUT2D eigenvalue weighted by molar-refractivity contribution is 6.20. The van der Waals surface area contributed by atoms with Crippen LogP contribution in [0.1, 0.15) is 52.4 Å². The van der Waals surface area contributed by atoms with Crippen LogP contribution >= 0.6 is 11.6 Å². The van der Waals surface area contributed by atoms with Crippen molar-refractivity contribution in [3.63, 3.8) is 0 Å². The molecule has 2 N–H and O–H groups in total. The molecule has 2 atom stereocenters. The number of likely N-dealkylation sites (tertiary alicyclic amines) is 1. The Morgan fingerprint density at radius 2 is 1.86 bits per heavy atom. The van der Waals surface area contributed by atoms with Gasteiger partial charge in [0.15, 0.2) is 0 Å². The maximum Gasteiger partial charge on any atom is 0.251 e. The standard InChI is InChI=1S/C21H35ClN4O3/c1-14(2)25-11-19(28)26(10-15-3-5-16(22)6-4-15)21(20(25)29)12-24(13-21)17-7-8-23-18(27)9-17/h14-18,23,27H,3-13H2,1-2H3. The van der Waals surface area contributed by atoms with Crippen molar-refractivity contribution in [2.75, 3.05) is 32.7 Å². The van der Waals surface area contributed by atoms with Gasteiger partial charge in [0.1, 0.15) is 18.3 Å². The fourth-order valence-corrected chi connectivity index (χ4v) is 5.83. The molecule has 29 heavy (non-hydrogen) atoms. The number of aliphatic hydroxyl groups is 1. The summed E-state index contributed by atoms with van der Waals surface area (Å²) in [5.41, 5.74) is -0.729. The van der Waals surface area contributed by atoms with E-state index in [9.17, 15) is 14.7 Å². The molecule has 2 amide bonds. The van der Waals surface area contributed by atoms with Gasteiger partial charge in [0, 0.05) is 43.5 Å². The van der Waals surface area contributed by atoms with Crippen molar-refractivity contribution >= 4 is 23.4 Å². The third-order valence-electron chi connectivity index (χ3n) is 7.42. The Morgan fingerprint density at radius 3 is 2.48 bits per heavy atom. The first-order valence-electron chi connectivity index (χ1n) is 11.2. The molecule has 3 heterocycles. The van der Waals surface area contributed by atoms with Crippen LogP contribution in [0.15, 0.2) is 0 Å². The van der Waals surface area contributed by atoms with Crippen molar-refractivity contribution in [3.05, 3.63) is 0 Å². The van der Waals surface area contributed by atoms with Crippen molar-refractivity contribution in [2.45, 2.75) is 81.6 Å². The minimum absolute atomic E-state index is 0.0203. The third-order valence-corrected chi connectivity index (χ3v) is 7.86. The number of piperidine rings is 1. The topological polar surface area (TPSA) is 76.1 Å². The summed E-state index contributed by atoms with van der Waals surface area (Å²) in [5, 5.41) is 13.3. The van der Waals surface area contributed by atoms with Crippen LogP contribution in [0.4, 0.5) is 0 Å². The zero-order chi connectivity index (χ0) is 20.8. The molecule has 3 saturated heterocycles. The molecule has 0 aromatic heterocycles. The predicted octanol–water partition coefficient (Wildman–Crippen LogP) is 0.988. The highest BCUT2D eigenvalue weighted by Gasteiger charge is 2.61. The SMILES string of the molecule is CC(C)N1CC(=O)N(CC2CCC(Cl)CC2)C2(CN(C3CCNC(O)C3)C2)C1=O. The Balaban J connectivity index is 1.51. The summed E-state index contributed by atoms with van der Waals surface area (Å²) in [4.78, 5) is 32.7. The van der Waals surface area contributed by atoms with Gasteiger partial charge in [0.2, 0.25) is 5.91 Å². The second-order valence-corrected chi connectivity index (χ2v) is 10.4. The molecule has 0 aromatic rings. The summed E-state index contributed by atoms with van der Waals surface area (Å²) in [6.07, 6.45) is 5.19. The Morgan fingerprint density at radius 1 is 1.17 bits per heavy atom. The van der Waals surface area contributed by atoms with Gasteiger partial charge in [-0.15, -0.1) is 11.6 Å². The number of carbonyl (C=O) groups is 2. The van der Waals surface area contributed by atoms with Gasteiger partial charge >= 0.3 is 0 Å². The van der Waals surface area contributed by atoms with E-state index in [0.717, 1.165) is 38.6 Å². The fraction of sp³-hybridized carbons (Fsp3) is 0.905. The Bertz CT molecular complexity index is 631. The van der Waals surface area contributed by atoms with E-state index in [1.165, 1.54) is 0 Å². The quantitative estimate of drug-likeness (QED) is 0.655. The van der Waals surface area contributed by atoms with Gasteiger partial charge in [0.25, 0.3) is 5.91 Å². The first-order valence-corrected chi connectivity index (χ1v) is 11.6.